The summed E-state index contributed by atoms with van der Waals surface area (Å²) in [6.45, 7) is 5.40. The van der Waals surface area contributed by atoms with Gasteiger partial charge < -0.3 is 14.9 Å². The summed E-state index contributed by atoms with van der Waals surface area (Å²) in [5.74, 6) is -2.36. The van der Waals surface area contributed by atoms with Crippen molar-refractivity contribution in [1.29, 1.82) is 0 Å². The molecule has 0 aromatic heterocycles. The van der Waals surface area contributed by atoms with Gasteiger partial charge in [0, 0.05) is 31.3 Å². The van der Waals surface area contributed by atoms with Crippen LogP contribution in [0.3, 0.4) is 0 Å². The summed E-state index contributed by atoms with van der Waals surface area (Å²) < 4.78 is 5.67. The van der Waals surface area contributed by atoms with E-state index >= 15 is 0 Å². The molecule has 1 saturated heterocycles. The van der Waals surface area contributed by atoms with Gasteiger partial charge in [0.1, 0.15) is 11.9 Å². The lowest BCUT2D eigenvalue weighted by molar-refractivity contribution is -0.144. The van der Waals surface area contributed by atoms with E-state index in [2.05, 4.69) is 5.32 Å². The fourth-order valence-corrected chi connectivity index (χ4v) is 4.52. The van der Waals surface area contributed by atoms with Crippen LogP contribution in [0.5, 0.6) is 0 Å². The minimum atomic E-state index is -0.947. The van der Waals surface area contributed by atoms with Crippen molar-refractivity contribution in [3.8, 4) is 0 Å². The van der Waals surface area contributed by atoms with E-state index in [0.29, 0.717) is 18.4 Å². The molecule has 0 radical (unpaired) electrons. The summed E-state index contributed by atoms with van der Waals surface area (Å²) in [6.07, 6.45) is 8.54. The molecule has 2 rings (SSSR count). The molecule has 5 atom stereocenters. The molecule has 0 bridgehead atoms. The van der Waals surface area contributed by atoms with Crippen LogP contribution in [0.1, 0.15) is 65.7 Å². The number of allylic oxidation sites excluding steroid dienone is 3. The highest BCUT2D eigenvalue weighted by Crippen LogP contribution is 2.25. The highest BCUT2D eigenvalue weighted by molar-refractivity contribution is 5.97. The summed E-state index contributed by atoms with van der Waals surface area (Å²) in [4.78, 5) is 48.0. The largest absolute Gasteiger partial charge is 0.454 e. The molecule has 0 aromatic rings. The minimum Gasteiger partial charge on any atom is -0.454 e. The predicted molar refractivity (Wildman–Crippen MR) is 126 cm³/mol. The zero-order chi connectivity index (χ0) is 25.3. The maximum atomic E-state index is 12.7. The van der Waals surface area contributed by atoms with E-state index in [9.17, 15) is 29.4 Å². The highest BCUT2D eigenvalue weighted by Gasteiger charge is 2.29. The van der Waals surface area contributed by atoms with Crippen LogP contribution in [0.4, 0.5) is 0 Å². The van der Waals surface area contributed by atoms with Gasteiger partial charge in [-0.2, -0.15) is 0 Å². The van der Waals surface area contributed by atoms with Gasteiger partial charge in [0.05, 0.1) is 12.2 Å². The van der Waals surface area contributed by atoms with Crippen molar-refractivity contribution in [1.82, 2.24) is 5.32 Å². The lowest BCUT2D eigenvalue weighted by atomic mass is 9.87. The van der Waals surface area contributed by atoms with Crippen LogP contribution in [-0.2, 0) is 23.9 Å². The molecule has 2 aliphatic heterocycles. The second-order valence-corrected chi connectivity index (χ2v) is 9.55. The number of hydrogen-bond donors (Lipinski definition) is 3. The van der Waals surface area contributed by atoms with E-state index in [1.54, 1.807) is 32.1 Å². The number of piperidine rings is 1. The maximum Gasteiger partial charge on any atom is 0.331 e. The smallest absolute Gasteiger partial charge is 0.331 e. The summed E-state index contributed by atoms with van der Waals surface area (Å²) in [7, 11) is 0. The Kier molecular flexibility index (Phi) is 10.9. The number of nitrogens with one attached hydrogen (secondary N) is 1. The predicted octanol–water partition coefficient (Wildman–Crippen LogP) is 2.54. The van der Waals surface area contributed by atoms with Gasteiger partial charge in [-0.15, -0.1) is 0 Å². The van der Waals surface area contributed by atoms with Crippen LogP contribution < -0.4 is 5.32 Å². The van der Waals surface area contributed by atoms with Crippen molar-refractivity contribution in [2.45, 2.75) is 84.0 Å². The Labute approximate surface area is 201 Å². The number of ketones is 1. The van der Waals surface area contributed by atoms with Crippen molar-refractivity contribution in [2.75, 3.05) is 0 Å². The van der Waals surface area contributed by atoms with Gasteiger partial charge in [0.15, 0.2) is 0 Å². The molecule has 8 heteroatoms. The van der Waals surface area contributed by atoms with Crippen LogP contribution in [0.25, 0.3) is 0 Å². The summed E-state index contributed by atoms with van der Waals surface area (Å²) in [5, 5.41) is 22.9. The van der Waals surface area contributed by atoms with Gasteiger partial charge in [-0.1, -0.05) is 38.2 Å². The first kappa shape index (κ1) is 27.7. The number of Topliss-reactive ketones (excluding diaryl/α,β-unsaturated/α-hetero) is 1. The molecule has 0 spiro atoms. The fourth-order valence-electron chi connectivity index (χ4n) is 4.52. The molecule has 3 N–H and O–H groups in total. The molecule has 0 aliphatic carbocycles. The van der Waals surface area contributed by atoms with Gasteiger partial charge in [0.25, 0.3) is 0 Å². The number of esters is 1. The number of hydrogen-bond acceptors (Lipinski definition) is 7. The fraction of sp³-hybridized carbons (Fsp3) is 0.615. The standard InChI is InChI=1S/C26H37NO7/c1-16(22(30)15-21(29)12-19-13-23(31)27-24(32)14-19)10-17(2)26-18(3)11-20(28)8-6-4-5-7-9-25(33)34-26/h6-10,16,18-21,26,28-29H,4-5,11-15H2,1-3H3,(H,27,31,32). The molecule has 1 fully saturated rings. The average Bonchev–Trinajstić information content (AvgIpc) is 2.72. The number of rotatable bonds is 7. The molecule has 188 valence electrons. The molecule has 0 aromatic carbocycles. The second-order valence-electron chi connectivity index (χ2n) is 9.55. The Bertz CT molecular complexity index is 828. The lowest BCUT2D eigenvalue weighted by Crippen LogP contribution is -2.39. The van der Waals surface area contributed by atoms with Crippen molar-refractivity contribution >= 4 is 23.6 Å². The van der Waals surface area contributed by atoms with Crippen LogP contribution in [-0.4, -0.2) is 52.1 Å². The third-order valence-corrected chi connectivity index (χ3v) is 6.22. The number of carbonyl (C=O) groups is 4. The Morgan fingerprint density at radius 2 is 1.85 bits per heavy atom. The van der Waals surface area contributed by atoms with E-state index in [1.165, 1.54) is 6.08 Å². The van der Waals surface area contributed by atoms with E-state index in [4.69, 9.17) is 4.74 Å². The Morgan fingerprint density at radius 1 is 1.21 bits per heavy atom. The number of aliphatic hydroxyl groups is 2. The van der Waals surface area contributed by atoms with Gasteiger partial charge in [-0.25, -0.2) is 4.79 Å². The van der Waals surface area contributed by atoms with Crippen LogP contribution in [0, 0.1) is 17.8 Å². The Balaban J connectivity index is 2.02. The molecule has 2 aliphatic rings. The molecular weight excluding hydrogens is 438 g/mol. The highest BCUT2D eigenvalue weighted by atomic mass is 16.5. The molecular formula is C26H37NO7. The van der Waals surface area contributed by atoms with E-state index in [-0.39, 0.29) is 55.1 Å². The van der Waals surface area contributed by atoms with E-state index in [1.807, 2.05) is 13.0 Å². The summed E-state index contributed by atoms with van der Waals surface area (Å²) in [6, 6.07) is 0. The third-order valence-electron chi connectivity index (χ3n) is 6.22. The van der Waals surface area contributed by atoms with Gasteiger partial charge in [-0.3, -0.25) is 19.7 Å². The SMILES string of the molecule is CC(=CC(C)C(=O)CC(O)CC1CC(=O)NC(=O)C1)C1OC(=O)C=CCCC=CC(O)CC1C. The topological polar surface area (TPSA) is 130 Å². The van der Waals surface area contributed by atoms with Crippen LogP contribution in [0.2, 0.25) is 0 Å². The van der Waals surface area contributed by atoms with Gasteiger partial charge >= 0.3 is 5.97 Å². The van der Waals surface area contributed by atoms with Crippen LogP contribution >= 0.6 is 0 Å². The van der Waals surface area contributed by atoms with Gasteiger partial charge in [-0.05, 0) is 50.0 Å². The molecule has 8 nitrogen and oxygen atoms in total. The molecule has 2 heterocycles. The van der Waals surface area contributed by atoms with Crippen LogP contribution in [0.15, 0.2) is 36.0 Å². The van der Waals surface area contributed by atoms with Crippen molar-refractivity contribution < 1.29 is 34.1 Å². The average molecular weight is 476 g/mol. The number of imide groups is 1. The molecule has 2 amide bonds. The number of ether oxygens (including phenoxy) is 1. The maximum absolute atomic E-state index is 12.7. The third kappa shape index (κ3) is 9.35. The number of carbonyl (C=O) groups excluding carboxylic acids is 4. The molecule has 0 saturated carbocycles. The zero-order valence-corrected chi connectivity index (χ0v) is 20.2. The first-order valence-electron chi connectivity index (χ1n) is 12.0. The molecule has 34 heavy (non-hydrogen) atoms. The Morgan fingerprint density at radius 3 is 2.53 bits per heavy atom. The lowest BCUT2D eigenvalue weighted by Gasteiger charge is -2.27. The van der Waals surface area contributed by atoms with Gasteiger partial charge in [0.2, 0.25) is 11.8 Å². The number of aliphatic hydroxyl groups excluding tert-OH is 2. The second kappa shape index (κ2) is 13.3. The monoisotopic (exact) mass is 475 g/mol. The summed E-state index contributed by atoms with van der Waals surface area (Å²) >= 11 is 0. The van der Waals surface area contributed by atoms with Crippen molar-refractivity contribution in [3.63, 3.8) is 0 Å². The Hall–Kier alpha value is -2.58. The number of amides is 2. The molecule has 5 unspecified atom stereocenters. The van der Waals surface area contributed by atoms with Crippen molar-refractivity contribution in [3.05, 3.63) is 36.0 Å². The summed E-state index contributed by atoms with van der Waals surface area (Å²) in [5.41, 5.74) is 0.701. The zero-order valence-electron chi connectivity index (χ0n) is 20.2. The van der Waals surface area contributed by atoms with E-state index < -0.39 is 30.2 Å². The number of cyclic esters (lactones) is 1. The first-order chi connectivity index (χ1) is 16.0. The first-order valence-corrected chi connectivity index (χ1v) is 12.0. The van der Waals surface area contributed by atoms with Crippen molar-refractivity contribution in [2.24, 2.45) is 17.8 Å². The minimum absolute atomic E-state index is 0.0937. The van der Waals surface area contributed by atoms with E-state index in [0.717, 1.165) is 6.42 Å². The normalized spacial score (nSPS) is 27.3. The quantitative estimate of drug-likeness (QED) is 0.293.